The molecule has 4 rings (SSSR count). The number of hydrogen-bond acceptors (Lipinski definition) is 6. The number of pyridine rings is 1. The molecule has 0 bridgehead atoms. The summed E-state index contributed by atoms with van der Waals surface area (Å²) in [4.78, 5) is 16.5. The fraction of sp³-hybridized carbons (Fsp3) is 0.111. The Morgan fingerprint density at radius 2 is 2.16 bits per heavy atom. The third kappa shape index (κ3) is 2.08. The number of hydrogen-bond donors (Lipinski definition) is 2. The SMILES string of the molecule is COC(=O)c1[nH]ncc1-c1c(C#N)c(N)nc2c1Cc1ccccc1-2. The lowest BCUT2D eigenvalue weighted by Gasteiger charge is -2.12. The smallest absolute Gasteiger partial charge is 0.356 e. The van der Waals surface area contributed by atoms with Gasteiger partial charge in [-0.15, -0.1) is 0 Å². The van der Waals surface area contributed by atoms with Crippen LogP contribution in [0.3, 0.4) is 0 Å². The zero-order valence-corrected chi connectivity index (χ0v) is 13.3. The maximum Gasteiger partial charge on any atom is 0.356 e. The minimum atomic E-state index is -0.559. The van der Waals surface area contributed by atoms with Crippen molar-refractivity contribution in [2.75, 3.05) is 12.8 Å². The van der Waals surface area contributed by atoms with E-state index in [1.807, 2.05) is 24.3 Å². The maximum absolute atomic E-state index is 12.0. The Labute approximate surface area is 143 Å². The average Bonchev–Trinajstić information content (AvgIpc) is 3.24. The molecule has 0 unspecified atom stereocenters. The first kappa shape index (κ1) is 14.9. The number of nitrogens with one attached hydrogen (secondary N) is 1. The molecule has 7 heteroatoms. The van der Waals surface area contributed by atoms with Gasteiger partial charge < -0.3 is 10.5 Å². The summed E-state index contributed by atoms with van der Waals surface area (Å²) >= 11 is 0. The molecule has 1 aliphatic carbocycles. The van der Waals surface area contributed by atoms with E-state index in [0.29, 0.717) is 17.5 Å². The van der Waals surface area contributed by atoms with E-state index in [2.05, 4.69) is 21.3 Å². The molecule has 122 valence electrons. The van der Waals surface area contributed by atoms with Gasteiger partial charge in [-0.05, 0) is 11.1 Å². The quantitative estimate of drug-likeness (QED) is 0.544. The number of carbonyl (C=O) groups excluding carboxylic acids is 1. The number of carbonyl (C=O) groups is 1. The molecule has 0 radical (unpaired) electrons. The Bertz CT molecular complexity index is 1060. The van der Waals surface area contributed by atoms with E-state index in [0.717, 1.165) is 22.4 Å². The van der Waals surface area contributed by atoms with Crippen molar-refractivity contribution >= 4 is 11.8 Å². The molecule has 0 spiro atoms. The second-order valence-corrected chi connectivity index (χ2v) is 5.67. The lowest BCUT2D eigenvalue weighted by molar-refractivity contribution is 0.0595. The molecule has 2 heterocycles. The van der Waals surface area contributed by atoms with E-state index >= 15 is 0 Å². The number of methoxy groups -OCH3 is 1. The van der Waals surface area contributed by atoms with Gasteiger partial charge in [0.05, 0.1) is 19.0 Å². The van der Waals surface area contributed by atoms with Crippen molar-refractivity contribution in [3.8, 4) is 28.5 Å². The highest BCUT2D eigenvalue weighted by Gasteiger charge is 2.30. The summed E-state index contributed by atoms with van der Waals surface area (Å²) in [6.45, 7) is 0. The van der Waals surface area contributed by atoms with E-state index < -0.39 is 5.97 Å². The molecule has 0 amide bonds. The van der Waals surface area contributed by atoms with Crippen molar-refractivity contribution in [3.63, 3.8) is 0 Å². The molecule has 0 fully saturated rings. The number of ether oxygens (including phenoxy) is 1. The first-order chi connectivity index (χ1) is 12.2. The first-order valence-corrected chi connectivity index (χ1v) is 7.58. The van der Waals surface area contributed by atoms with E-state index in [1.54, 1.807) is 0 Å². The first-order valence-electron chi connectivity index (χ1n) is 7.58. The summed E-state index contributed by atoms with van der Waals surface area (Å²) in [5.41, 5.74) is 11.2. The second kappa shape index (κ2) is 5.46. The highest BCUT2D eigenvalue weighted by Crippen LogP contribution is 2.43. The Balaban J connectivity index is 2.05. The van der Waals surface area contributed by atoms with Crippen LogP contribution >= 0.6 is 0 Å². The fourth-order valence-corrected chi connectivity index (χ4v) is 3.28. The van der Waals surface area contributed by atoms with E-state index in [-0.39, 0.29) is 17.1 Å². The number of nitriles is 1. The molecule has 1 aromatic carbocycles. The van der Waals surface area contributed by atoms with Gasteiger partial charge in [-0.2, -0.15) is 10.4 Å². The van der Waals surface area contributed by atoms with Gasteiger partial charge in [0.2, 0.25) is 0 Å². The topological polar surface area (TPSA) is 118 Å². The number of nitrogens with two attached hydrogens (primary N) is 1. The number of anilines is 1. The molecule has 1 aliphatic rings. The zero-order chi connectivity index (χ0) is 17.6. The minimum Gasteiger partial charge on any atom is -0.464 e. The van der Waals surface area contributed by atoms with Crippen LogP contribution in [0, 0.1) is 11.3 Å². The summed E-state index contributed by atoms with van der Waals surface area (Å²) in [5.74, 6) is -0.430. The molecule has 0 atom stereocenters. The summed E-state index contributed by atoms with van der Waals surface area (Å²) in [7, 11) is 1.29. The van der Waals surface area contributed by atoms with Crippen LogP contribution in [0.2, 0.25) is 0 Å². The highest BCUT2D eigenvalue weighted by molar-refractivity contribution is 5.99. The van der Waals surface area contributed by atoms with Gasteiger partial charge in [-0.1, -0.05) is 24.3 Å². The Morgan fingerprint density at radius 1 is 1.36 bits per heavy atom. The normalized spacial score (nSPS) is 11.5. The minimum absolute atomic E-state index is 0.130. The van der Waals surface area contributed by atoms with Gasteiger partial charge in [-0.3, -0.25) is 5.10 Å². The molecule has 0 saturated heterocycles. The van der Waals surface area contributed by atoms with Crippen molar-refractivity contribution < 1.29 is 9.53 Å². The third-order valence-corrected chi connectivity index (χ3v) is 4.38. The number of benzene rings is 1. The van der Waals surface area contributed by atoms with Crippen LogP contribution < -0.4 is 5.73 Å². The Hall–Kier alpha value is -3.66. The van der Waals surface area contributed by atoms with Crippen LogP contribution in [0.25, 0.3) is 22.4 Å². The summed E-state index contributed by atoms with van der Waals surface area (Å²) < 4.78 is 4.80. The van der Waals surface area contributed by atoms with Crippen LogP contribution in [0.1, 0.15) is 27.2 Å². The molecule has 3 N–H and O–H groups in total. The average molecular weight is 331 g/mol. The van der Waals surface area contributed by atoms with Gasteiger partial charge in [-0.25, -0.2) is 9.78 Å². The Kier molecular flexibility index (Phi) is 3.25. The summed E-state index contributed by atoms with van der Waals surface area (Å²) in [5, 5.41) is 16.2. The van der Waals surface area contributed by atoms with Gasteiger partial charge in [0.1, 0.15) is 17.5 Å². The predicted molar refractivity (Wildman–Crippen MR) is 90.5 cm³/mol. The van der Waals surface area contributed by atoms with Crippen LogP contribution in [0.5, 0.6) is 0 Å². The van der Waals surface area contributed by atoms with Gasteiger partial charge in [0.25, 0.3) is 0 Å². The lowest BCUT2D eigenvalue weighted by Crippen LogP contribution is -2.07. The van der Waals surface area contributed by atoms with Gasteiger partial charge >= 0.3 is 5.97 Å². The number of aromatic amines is 1. The van der Waals surface area contributed by atoms with E-state index in [1.165, 1.54) is 13.3 Å². The molecule has 0 saturated carbocycles. The second-order valence-electron chi connectivity index (χ2n) is 5.67. The number of nitrogen functional groups attached to an aromatic ring is 1. The van der Waals surface area contributed by atoms with Gasteiger partial charge in [0.15, 0.2) is 5.69 Å². The van der Waals surface area contributed by atoms with Crippen LogP contribution in [0.15, 0.2) is 30.5 Å². The summed E-state index contributed by atoms with van der Waals surface area (Å²) in [6, 6.07) is 9.98. The molecular formula is C18H13N5O2. The standard InChI is InChI=1S/C18H13N5O2/c1-25-18(24)16-13(8-21-23-16)14-11-6-9-4-2-3-5-10(9)15(11)22-17(20)12(14)7-19/h2-5,8H,6H2,1H3,(H2,20,22)(H,21,23). The van der Waals surface area contributed by atoms with Crippen LogP contribution in [-0.2, 0) is 11.2 Å². The van der Waals surface area contributed by atoms with E-state index in [4.69, 9.17) is 10.5 Å². The molecule has 3 aromatic rings. The van der Waals surface area contributed by atoms with Crippen molar-refractivity contribution in [1.29, 1.82) is 5.26 Å². The van der Waals surface area contributed by atoms with Crippen molar-refractivity contribution in [2.45, 2.75) is 6.42 Å². The van der Waals surface area contributed by atoms with Crippen molar-refractivity contribution in [3.05, 3.63) is 52.8 Å². The van der Waals surface area contributed by atoms with Gasteiger partial charge in [0, 0.05) is 23.1 Å². The predicted octanol–water partition coefficient (Wildman–Crippen LogP) is 2.28. The third-order valence-electron chi connectivity index (χ3n) is 4.38. The number of aromatic nitrogens is 3. The number of nitrogens with zero attached hydrogens (tertiary/aromatic N) is 3. The number of rotatable bonds is 2. The number of fused-ring (bicyclic) bond motifs is 3. The zero-order valence-electron chi connectivity index (χ0n) is 13.3. The van der Waals surface area contributed by atoms with Crippen molar-refractivity contribution in [2.24, 2.45) is 0 Å². The molecule has 2 aromatic heterocycles. The number of H-pyrrole nitrogens is 1. The van der Waals surface area contributed by atoms with Crippen LogP contribution in [-0.4, -0.2) is 28.3 Å². The molecule has 7 nitrogen and oxygen atoms in total. The fourth-order valence-electron chi connectivity index (χ4n) is 3.28. The molecular weight excluding hydrogens is 318 g/mol. The van der Waals surface area contributed by atoms with Crippen LogP contribution in [0.4, 0.5) is 5.82 Å². The lowest BCUT2D eigenvalue weighted by atomic mass is 9.94. The van der Waals surface area contributed by atoms with Crippen molar-refractivity contribution in [1.82, 2.24) is 15.2 Å². The highest BCUT2D eigenvalue weighted by atomic mass is 16.5. The van der Waals surface area contributed by atoms with E-state index in [9.17, 15) is 10.1 Å². The monoisotopic (exact) mass is 331 g/mol. The number of esters is 1. The summed E-state index contributed by atoms with van der Waals surface area (Å²) in [6.07, 6.45) is 2.11. The largest absolute Gasteiger partial charge is 0.464 e. The molecule has 0 aliphatic heterocycles. The molecule has 25 heavy (non-hydrogen) atoms. The maximum atomic E-state index is 12.0. The Morgan fingerprint density at radius 3 is 2.92 bits per heavy atom.